The number of ether oxygens (including phenoxy) is 3. The van der Waals surface area contributed by atoms with Crippen LogP contribution in [0.5, 0.6) is 11.5 Å². The smallest absolute Gasteiger partial charge is 0.337 e. The van der Waals surface area contributed by atoms with Gasteiger partial charge in [0, 0.05) is 0 Å². The van der Waals surface area contributed by atoms with Crippen molar-refractivity contribution in [3.63, 3.8) is 0 Å². The molecule has 0 heterocycles. The number of carbonyl (C=O) groups is 2. The number of methoxy groups -OCH3 is 2. The van der Waals surface area contributed by atoms with Gasteiger partial charge in [0.25, 0.3) is 5.91 Å². The van der Waals surface area contributed by atoms with E-state index >= 15 is 0 Å². The van der Waals surface area contributed by atoms with E-state index in [2.05, 4.69) is 10.1 Å². The molecule has 1 N–H and O–H groups in total. The molecular formula is C19H21NO5. The van der Waals surface area contributed by atoms with Crippen molar-refractivity contribution in [2.24, 2.45) is 0 Å². The van der Waals surface area contributed by atoms with Crippen LogP contribution in [0.1, 0.15) is 28.9 Å². The summed E-state index contributed by atoms with van der Waals surface area (Å²) in [7, 11) is 2.76. The summed E-state index contributed by atoms with van der Waals surface area (Å²) in [4.78, 5) is 23.6. The number of hydrogen-bond acceptors (Lipinski definition) is 5. The van der Waals surface area contributed by atoms with E-state index in [9.17, 15) is 9.59 Å². The Morgan fingerprint density at radius 2 is 1.76 bits per heavy atom. The topological polar surface area (TPSA) is 73.9 Å². The van der Waals surface area contributed by atoms with Gasteiger partial charge in [0.1, 0.15) is 0 Å². The summed E-state index contributed by atoms with van der Waals surface area (Å²) in [6.45, 7) is 1.74. The Hall–Kier alpha value is -3.02. The Morgan fingerprint density at radius 3 is 2.40 bits per heavy atom. The molecule has 0 aromatic heterocycles. The monoisotopic (exact) mass is 343 g/mol. The number of amides is 1. The predicted molar refractivity (Wildman–Crippen MR) is 92.8 cm³/mol. The maximum atomic E-state index is 12.1. The fraction of sp³-hybridized carbons (Fsp3) is 0.263. The highest BCUT2D eigenvalue weighted by molar-refractivity contribution is 5.90. The lowest BCUT2D eigenvalue weighted by atomic mass is 10.1. The highest BCUT2D eigenvalue weighted by atomic mass is 16.5. The van der Waals surface area contributed by atoms with E-state index in [0.29, 0.717) is 17.1 Å². The van der Waals surface area contributed by atoms with Gasteiger partial charge in [-0.2, -0.15) is 0 Å². The molecule has 6 heteroatoms. The first kappa shape index (κ1) is 18.3. The average Bonchev–Trinajstić information content (AvgIpc) is 2.66. The van der Waals surface area contributed by atoms with E-state index < -0.39 is 5.97 Å². The maximum absolute atomic E-state index is 12.1. The molecule has 0 aliphatic carbocycles. The van der Waals surface area contributed by atoms with Gasteiger partial charge in [-0.25, -0.2) is 4.79 Å². The number of carbonyl (C=O) groups excluding carboxylic acids is 2. The minimum Gasteiger partial charge on any atom is -0.493 e. The number of rotatable bonds is 7. The Balaban J connectivity index is 1.96. The summed E-state index contributed by atoms with van der Waals surface area (Å²) in [5.74, 6) is -0.000736. The highest BCUT2D eigenvalue weighted by Crippen LogP contribution is 2.28. The molecule has 0 aliphatic heterocycles. The van der Waals surface area contributed by atoms with Crippen LogP contribution in [0.2, 0.25) is 0 Å². The lowest BCUT2D eigenvalue weighted by Gasteiger charge is -2.15. The first-order chi connectivity index (χ1) is 12.0. The van der Waals surface area contributed by atoms with Gasteiger partial charge in [0.05, 0.1) is 25.8 Å². The average molecular weight is 343 g/mol. The van der Waals surface area contributed by atoms with Crippen molar-refractivity contribution in [2.75, 3.05) is 20.8 Å². The molecule has 25 heavy (non-hydrogen) atoms. The largest absolute Gasteiger partial charge is 0.493 e. The second kappa shape index (κ2) is 8.73. The van der Waals surface area contributed by atoms with Crippen molar-refractivity contribution >= 4 is 11.9 Å². The zero-order chi connectivity index (χ0) is 18.2. The van der Waals surface area contributed by atoms with Gasteiger partial charge in [-0.1, -0.05) is 30.3 Å². The van der Waals surface area contributed by atoms with Gasteiger partial charge in [-0.05, 0) is 30.7 Å². The van der Waals surface area contributed by atoms with E-state index in [1.807, 2.05) is 37.3 Å². The lowest BCUT2D eigenvalue weighted by molar-refractivity contribution is -0.123. The number of hydrogen-bond donors (Lipinski definition) is 1. The van der Waals surface area contributed by atoms with Crippen molar-refractivity contribution in [1.29, 1.82) is 0 Å². The molecule has 2 aromatic carbocycles. The maximum Gasteiger partial charge on any atom is 0.337 e. The molecular weight excluding hydrogens is 322 g/mol. The highest BCUT2D eigenvalue weighted by Gasteiger charge is 2.14. The van der Waals surface area contributed by atoms with Crippen LogP contribution in [0, 0.1) is 0 Å². The van der Waals surface area contributed by atoms with Crippen LogP contribution < -0.4 is 14.8 Å². The molecule has 0 saturated heterocycles. The Labute approximate surface area is 146 Å². The summed E-state index contributed by atoms with van der Waals surface area (Å²) < 4.78 is 15.4. The van der Waals surface area contributed by atoms with E-state index in [1.54, 1.807) is 12.1 Å². The predicted octanol–water partition coefficient (Wildman–Crippen LogP) is 2.74. The molecule has 0 aliphatic rings. The van der Waals surface area contributed by atoms with Crippen LogP contribution in [-0.4, -0.2) is 32.7 Å². The van der Waals surface area contributed by atoms with E-state index in [0.717, 1.165) is 5.56 Å². The van der Waals surface area contributed by atoms with Crippen LogP contribution in [0.25, 0.3) is 0 Å². The van der Waals surface area contributed by atoms with Crippen LogP contribution in [-0.2, 0) is 9.53 Å². The van der Waals surface area contributed by atoms with E-state index in [1.165, 1.54) is 20.3 Å². The third-order valence-corrected chi connectivity index (χ3v) is 3.62. The molecule has 0 bridgehead atoms. The Kier molecular flexibility index (Phi) is 6.39. The van der Waals surface area contributed by atoms with E-state index in [-0.39, 0.29) is 18.6 Å². The fourth-order valence-corrected chi connectivity index (χ4v) is 2.28. The fourth-order valence-electron chi connectivity index (χ4n) is 2.28. The molecule has 6 nitrogen and oxygen atoms in total. The zero-order valence-corrected chi connectivity index (χ0v) is 14.4. The lowest BCUT2D eigenvalue weighted by Crippen LogP contribution is -2.31. The molecule has 1 atom stereocenters. The molecule has 132 valence electrons. The minimum absolute atomic E-state index is 0.124. The molecule has 0 fully saturated rings. The van der Waals surface area contributed by atoms with Gasteiger partial charge in [-0.3, -0.25) is 4.79 Å². The van der Waals surface area contributed by atoms with Crippen LogP contribution in [0.3, 0.4) is 0 Å². The van der Waals surface area contributed by atoms with Crippen molar-refractivity contribution < 1.29 is 23.8 Å². The normalized spacial score (nSPS) is 11.3. The van der Waals surface area contributed by atoms with Gasteiger partial charge < -0.3 is 19.5 Å². The second-order valence-corrected chi connectivity index (χ2v) is 5.35. The molecule has 1 unspecified atom stereocenters. The number of benzene rings is 2. The van der Waals surface area contributed by atoms with Crippen molar-refractivity contribution in [3.8, 4) is 11.5 Å². The zero-order valence-electron chi connectivity index (χ0n) is 14.4. The first-order valence-corrected chi connectivity index (χ1v) is 7.78. The third kappa shape index (κ3) is 4.97. The van der Waals surface area contributed by atoms with Crippen molar-refractivity contribution in [1.82, 2.24) is 5.32 Å². The Morgan fingerprint density at radius 1 is 1.04 bits per heavy atom. The number of esters is 1. The van der Waals surface area contributed by atoms with Crippen molar-refractivity contribution in [2.45, 2.75) is 13.0 Å². The SMILES string of the molecule is COC(=O)c1ccc(OCC(=O)NC(C)c2ccccc2)c(OC)c1. The molecule has 2 aromatic rings. The summed E-state index contributed by atoms with van der Waals surface area (Å²) in [5.41, 5.74) is 1.35. The Bertz CT molecular complexity index is 730. The molecule has 2 rings (SSSR count). The van der Waals surface area contributed by atoms with Crippen molar-refractivity contribution in [3.05, 3.63) is 59.7 Å². The van der Waals surface area contributed by atoms with Gasteiger partial charge >= 0.3 is 5.97 Å². The van der Waals surface area contributed by atoms with E-state index in [4.69, 9.17) is 9.47 Å². The summed E-state index contributed by atoms with van der Waals surface area (Å²) in [6.07, 6.45) is 0. The second-order valence-electron chi connectivity index (χ2n) is 5.35. The quantitative estimate of drug-likeness (QED) is 0.783. The minimum atomic E-state index is -0.473. The van der Waals surface area contributed by atoms with Gasteiger partial charge in [-0.15, -0.1) is 0 Å². The number of nitrogens with one attached hydrogen (secondary N) is 1. The first-order valence-electron chi connectivity index (χ1n) is 7.78. The summed E-state index contributed by atoms with van der Waals surface area (Å²) >= 11 is 0. The van der Waals surface area contributed by atoms with Gasteiger partial charge in [0.15, 0.2) is 18.1 Å². The van der Waals surface area contributed by atoms with Crippen LogP contribution in [0.15, 0.2) is 48.5 Å². The van der Waals surface area contributed by atoms with Crippen LogP contribution >= 0.6 is 0 Å². The van der Waals surface area contributed by atoms with Gasteiger partial charge in [0.2, 0.25) is 0 Å². The molecule has 0 radical (unpaired) electrons. The summed E-state index contributed by atoms with van der Waals surface area (Å²) in [6, 6.07) is 14.1. The molecule has 0 spiro atoms. The third-order valence-electron chi connectivity index (χ3n) is 3.62. The summed E-state index contributed by atoms with van der Waals surface area (Å²) in [5, 5.41) is 2.86. The van der Waals surface area contributed by atoms with Crippen LogP contribution in [0.4, 0.5) is 0 Å². The standard InChI is InChI=1S/C19H21NO5/c1-13(14-7-5-4-6-8-14)20-18(21)12-25-16-10-9-15(19(22)24-3)11-17(16)23-2/h4-11,13H,12H2,1-3H3,(H,20,21). The molecule has 1 amide bonds. The molecule has 0 saturated carbocycles.